The van der Waals surface area contributed by atoms with Crippen molar-refractivity contribution < 1.29 is 17.9 Å². The molecule has 2 aliphatic rings. The van der Waals surface area contributed by atoms with Gasteiger partial charge in [-0.15, -0.1) is 0 Å². The van der Waals surface area contributed by atoms with Gasteiger partial charge in [-0.05, 0) is 18.6 Å². The van der Waals surface area contributed by atoms with E-state index in [1.54, 1.807) is 12.1 Å². The number of anilines is 1. The zero-order chi connectivity index (χ0) is 19.4. The summed E-state index contributed by atoms with van der Waals surface area (Å²) in [4.78, 5) is 20.9. The first-order valence-corrected chi connectivity index (χ1v) is 10.9. The molecule has 1 aromatic heterocycles. The molecule has 2 saturated heterocycles. The SMILES string of the molecule is CCC(C)C(=O)N1CCN(c2ccc(S(=O)(=O)N3CCOCC3)cn2)CC1. The van der Waals surface area contributed by atoms with E-state index in [2.05, 4.69) is 9.88 Å². The van der Waals surface area contributed by atoms with Crippen molar-refractivity contribution in [2.45, 2.75) is 25.2 Å². The van der Waals surface area contributed by atoms with Crippen molar-refractivity contribution >= 4 is 21.7 Å². The Hall–Kier alpha value is -1.71. The lowest BCUT2D eigenvalue weighted by molar-refractivity contribution is -0.135. The van der Waals surface area contributed by atoms with Crippen LogP contribution in [0, 0.1) is 5.92 Å². The van der Waals surface area contributed by atoms with Crippen LogP contribution in [0.25, 0.3) is 0 Å². The molecule has 0 spiro atoms. The highest BCUT2D eigenvalue weighted by atomic mass is 32.2. The number of ether oxygens (including phenoxy) is 1. The third-order valence-corrected chi connectivity index (χ3v) is 7.16. The maximum absolute atomic E-state index is 12.7. The molecule has 0 aliphatic carbocycles. The van der Waals surface area contributed by atoms with Crippen molar-refractivity contribution in [1.82, 2.24) is 14.2 Å². The van der Waals surface area contributed by atoms with Gasteiger partial charge < -0.3 is 14.5 Å². The average molecular weight is 397 g/mol. The number of sulfonamides is 1. The number of aromatic nitrogens is 1. The number of pyridine rings is 1. The molecule has 0 radical (unpaired) electrons. The van der Waals surface area contributed by atoms with Crippen molar-refractivity contribution in [2.24, 2.45) is 5.92 Å². The van der Waals surface area contributed by atoms with Crippen LogP contribution in [-0.4, -0.2) is 81.0 Å². The molecule has 150 valence electrons. The molecule has 3 heterocycles. The summed E-state index contributed by atoms with van der Waals surface area (Å²) in [7, 11) is -3.52. The molecule has 8 nitrogen and oxygen atoms in total. The number of rotatable bonds is 5. The molecule has 1 atom stereocenters. The maximum Gasteiger partial charge on any atom is 0.244 e. The van der Waals surface area contributed by atoms with Crippen LogP contribution in [0.1, 0.15) is 20.3 Å². The number of amides is 1. The molecule has 0 bridgehead atoms. The number of nitrogens with zero attached hydrogens (tertiary/aromatic N) is 4. The van der Waals surface area contributed by atoms with Crippen molar-refractivity contribution in [2.75, 3.05) is 57.4 Å². The molecule has 0 N–H and O–H groups in total. The van der Waals surface area contributed by atoms with Crippen LogP contribution >= 0.6 is 0 Å². The van der Waals surface area contributed by atoms with Crippen LogP contribution in [0.2, 0.25) is 0 Å². The lowest BCUT2D eigenvalue weighted by Crippen LogP contribution is -2.50. The lowest BCUT2D eigenvalue weighted by Gasteiger charge is -2.36. The topological polar surface area (TPSA) is 83.1 Å². The van der Waals surface area contributed by atoms with E-state index in [0.29, 0.717) is 52.5 Å². The van der Waals surface area contributed by atoms with E-state index in [0.717, 1.165) is 12.2 Å². The number of hydrogen-bond acceptors (Lipinski definition) is 6. The fourth-order valence-electron chi connectivity index (χ4n) is 3.29. The molecule has 1 amide bonds. The fourth-order valence-corrected chi connectivity index (χ4v) is 4.64. The highest BCUT2D eigenvalue weighted by Crippen LogP contribution is 2.20. The minimum Gasteiger partial charge on any atom is -0.379 e. The normalized spacial score (nSPS) is 20.5. The number of carbonyl (C=O) groups excluding carboxylic acids is 1. The van der Waals surface area contributed by atoms with Crippen LogP contribution in [0.5, 0.6) is 0 Å². The first-order valence-electron chi connectivity index (χ1n) is 9.51. The second kappa shape index (κ2) is 8.53. The van der Waals surface area contributed by atoms with Crippen molar-refractivity contribution in [3.63, 3.8) is 0 Å². The second-order valence-corrected chi connectivity index (χ2v) is 8.93. The third-order valence-electron chi connectivity index (χ3n) is 5.28. The quantitative estimate of drug-likeness (QED) is 0.732. The number of piperazine rings is 1. The molecule has 2 fully saturated rings. The summed E-state index contributed by atoms with van der Waals surface area (Å²) < 4.78 is 32.0. The van der Waals surface area contributed by atoms with Crippen molar-refractivity contribution in [3.05, 3.63) is 18.3 Å². The molecule has 0 aromatic carbocycles. The number of carbonyl (C=O) groups is 1. The first kappa shape index (κ1) is 20.0. The smallest absolute Gasteiger partial charge is 0.244 e. The van der Waals surface area contributed by atoms with E-state index in [1.807, 2.05) is 18.7 Å². The molecule has 9 heteroatoms. The summed E-state index contributed by atoms with van der Waals surface area (Å²) in [6, 6.07) is 3.36. The Morgan fingerprint density at radius 2 is 1.81 bits per heavy atom. The van der Waals surface area contributed by atoms with E-state index >= 15 is 0 Å². The van der Waals surface area contributed by atoms with Gasteiger partial charge >= 0.3 is 0 Å². The Kier molecular flexibility index (Phi) is 6.33. The number of hydrogen-bond donors (Lipinski definition) is 0. The first-order chi connectivity index (χ1) is 12.9. The molecular weight excluding hydrogens is 368 g/mol. The summed E-state index contributed by atoms with van der Waals surface area (Å²) >= 11 is 0. The van der Waals surface area contributed by atoms with Crippen LogP contribution in [0.15, 0.2) is 23.2 Å². The van der Waals surface area contributed by atoms with Crippen LogP contribution in [0.4, 0.5) is 5.82 Å². The fraction of sp³-hybridized carbons (Fsp3) is 0.667. The van der Waals surface area contributed by atoms with Gasteiger partial charge in [0.15, 0.2) is 0 Å². The highest BCUT2D eigenvalue weighted by Gasteiger charge is 2.28. The second-order valence-electron chi connectivity index (χ2n) is 6.99. The van der Waals surface area contributed by atoms with Gasteiger partial charge in [0, 0.05) is 51.4 Å². The van der Waals surface area contributed by atoms with E-state index < -0.39 is 10.0 Å². The Morgan fingerprint density at radius 1 is 1.15 bits per heavy atom. The standard InChI is InChI=1S/C18H28N4O4S/c1-3-15(2)18(23)21-8-6-20(7-9-21)17-5-4-16(14-19-17)27(24,25)22-10-12-26-13-11-22/h4-5,14-15H,3,6-13H2,1-2H3. The van der Waals surface area contributed by atoms with Gasteiger partial charge in [-0.25, -0.2) is 13.4 Å². The maximum atomic E-state index is 12.7. The van der Waals surface area contributed by atoms with Crippen LogP contribution in [0.3, 0.4) is 0 Å². The summed E-state index contributed by atoms with van der Waals surface area (Å²) in [5, 5.41) is 0. The van der Waals surface area contributed by atoms with Gasteiger partial charge in [0.2, 0.25) is 15.9 Å². The molecular formula is C18H28N4O4S. The zero-order valence-electron chi connectivity index (χ0n) is 16.0. The van der Waals surface area contributed by atoms with Gasteiger partial charge in [0.05, 0.1) is 13.2 Å². The Labute approximate surface area is 161 Å². The monoisotopic (exact) mass is 396 g/mol. The molecule has 1 aromatic rings. The zero-order valence-corrected chi connectivity index (χ0v) is 16.8. The van der Waals surface area contributed by atoms with Crippen molar-refractivity contribution in [3.8, 4) is 0 Å². The summed E-state index contributed by atoms with van der Waals surface area (Å²) in [6.45, 7) is 8.30. The van der Waals surface area contributed by atoms with E-state index in [9.17, 15) is 13.2 Å². The average Bonchev–Trinajstić information content (AvgIpc) is 2.73. The highest BCUT2D eigenvalue weighted by molar-refractivity contribution is 7.89. The van der Waals surface area contributed by atoms with E-state index in [-0.39, 0.29) is 16.7 Å². The van der Waals surface area contributed by atoms with Crippen LogP contribution < -0.4 is 4.90 Å². The largest absolute Gasteiger partial charge is 0.379 e. The molecule has 2 aliphatic heterocycles. The van der Waals surface area contributed by atoms with E-state index in [1.165, 1.54) is 10.5 Å². The lowest BCUT2D eigenvalue weighted by atomic mass is 10.1. The molecule has 1 unspecified atom stereocenters. The van der Waals surface area contributed by atoms with Gasteiger partial charge in [-0.3, -0.25) is 4.79 Å². The predicted octanol–water partition coefficient (Wildman–Crippen LogP) is 0.797. The molecule has 0 saturated carbocycles. The Morgan fingerprint density at radius 3 is 2.37 bits per heavy atom. The summed E-state index contributed by atoms with van der Waals surface area (Å²) in [5.74, 6) is 1.00. The Bertz CT molecular complexity index is 739. The van der Waals surface area contributed by atoms with Gasteiger partial charge in [-0.1, -0.05) is 13.8 Å². The molecule has 3 rings (SSSR count). The molecule has 27 heavy (non-hydrogen) atoms. The van der Waals surface area contributed by atoms with Crippen LogP contribution in [-0.2, 0) is 19.6 Å². The third kappa shape index (κ3) is 4.41. The van der Waals surface area contributed by atoms with Crippen molar-refractivity contribution in [1.29, 1.82) is 0 Å². The number of morpholine rings is 1. The van der Waals surface area contributed by atoms with Gasteiger partial charge in [0.1, 0.15) is 10.7 Å². The minimum absolute atomic E-state index is 0.0550. The van der Waals surface area contributed by atoms with E-state index in [4.69, 9.17) is 4.74 Å². The van der Waals surface area contributed by atoms with Gasteiger partial charge in [-0.2, -0.15) is 4.31 Å². The minimum atomic E-state index is -3.52. The summed E-state index contributed by atoms with van der Waals surface area (Å²) in [5.41, 5.74) is 0. The summed E-state index contributed by atoms with van der Waals surface area (Å²) in [6.07, 6.45) is 2.27. The Balaban J connectivity index is 1.62. The van der Waals surface area contributed by atoms with Gasteiger partial charge in [0.25, 0.3) is 0 Å². The predicted molar refractivity (Wildman–Crippen MR) is 102 cm³/mol.